The molecule has 2 aromatic carbocycles. The smallest absolute Gasteiger partial charge is 0.407 e. The number of nitrogens with zero attached hydrogens (tertiary/aromatic N) is 4. The predicted molar refractivity (Wildman–Crippen MR) is 165 cm³/mol. The van der Waals surface area contributed by atoms with Gasteiger partial charge in [0, 0.05) is 28.1 Å². The molecule has 3 amide bonds. The predicted octanol–water partition coefficient (Wildman–Crippen LogP) is 7.19. The van der Waals surface area contributed by atoms with Crippen LogP contribution in [0.25, 0.3) is 10.4 Å². The van der Waals surface area contributed by atoms with Crippen LogP contribution in [-0.4, -0.2) is 35.1 Å². The summed E-state index contributed by atoms with van der Waals surface area (Å²) in [5, 5.41) is 8.46. The summed E-state index contributed by atoms with van der Waals surface area (Å²) in [5.41, 5.74) is 15.9. The molecule has 11 nitrogen and oxygen atoms in total. The standard InChI is InChI=1S/C31H38N6O5S/c1-31(2,3)27(34-30(40)41-21-23-9-5-4-6-10-23)13-7-12-26(42-29(32)39)28(38)37(20-25-11-8-18-43-25)19-22-14-16-24(17-15-22)35-36-33/h4-6,8-11,14-18,26-27H,7,12-13,19-21H2,1-3H3,(H2,32,39)(H,34,40)/t26-,27?/m0/s1. The molecule has 2 atom stereocenters. The highest BCUT2D eigenvalue weighted by atomic mass is 32.1. The molecule has 0 bridgehead atoms. The van der Waals surface area contributed by atoms with Crippen LogP contribution in [0.3, 0.4) is 0 Å². The SMILES string of the molecule is CC(C)(C)C(CCC[C@H](OC(N)=O)C(=O)N(Cc1ccc(N=[N+]=[N-])cc1)Cc1cccs1)NC(=O)OCc1ccccc1. The van der Waals surface area contributed by atoms with Crippen molar-refractivity contribution < 1.29 is 23.9 Å². The lowest BCUT2D eigenvalue weighted by atomic mass is 9.83. The van der Waals surface area contributed by atoms with Gasteiger partial charge in [-0.25, -0.2) is 9.59 Å². The Bertz CT molecular complexity index is 1370. The second-order valence-electron chi connectivity index (χ2n) is 11.1. The lowest BCUT2D eigenvalue weighted by Gasteiger charge is -2.32. The Morgan fingerprint density at radius 1 is 1.00 bits per heavy atom. The third kappa shape index (κ3) is 11.3. The third-order valence-electron chi connectivity index (χ3n) is 6.75. The van der Waals surface area contributed by atoms with Gasteiger partial charge in [0.25, 0.3) is 5.91 Å². The second kappa shape index (κ2) is 16.2. The monoisotopic (exact) mass is 606 g/mol. The van der Waals surface area contributed by atoms with Crippen molar-refractivity contribution in [3.05, 3.63) is 98.6 Å². The quantitative estimate of drug-likeness (QED) is 0.113. The van der Waals surface area contributed by atoms with Crippen LogP contribution in [0, 0.1) is 5.41 Å². The normalized spacial score (nSPS) is 12.3. The Balaban J connectivity index is 1.68. The molecule has 43 heavy (non-hydrogen) atoms. The van der Waals surface area contributed by atoms with Gasteiger partial charge in [0.2, 0.25) is 0 Å². The van der Waals surface area contributed by atoms with E-state index in [1.807, 2.05) is 68.6 Å². The van der Waals surface area contributed by atoms with Crippen molar-refractivity contribution in [3.63, 3.8) is 0 Å². The van der Waals surface area contributed by atoms with Crippen molar-refractivity contribution in [3.8, 4) is 0 Å². The molecule has 0 aliphatic rings. The lowest BCUT2D eigenvalue weighted by molar-refractivity contribution is -0.142. The van der Waals surface area contributed by atoms with Gasteiger partial charge in [-0.05, 0) is 52.8 Å². The summed E-state index contributed by atoms with van der Waals surface area (Å²) >= 11 is 1.51. The van der Waals surface area contributed by atoms with Gasteiger partial charge in [-0.3, -0.25) is 4.79 Å². The van der Waals surface area contributed by atoms with E-state index in [0.29, 0.717) is 25.1 Å². The first kappa shape index (κ1) is 33.0. The van der Waals surface area contributed by atoms with Gasteiger partial charge in [-0.1, -0.05) is 86.5 Å². The molecule has 0 aliphatic heterocycles. The largest absolute Gasteiger partial charge is 0.445 e. The summed E-state index contributed by atoms with van der Waals surface area (Å²) in [5.74, 6) is -0.381. The molecular weight excluding hydrogens is 568 g/mol. The second-order valence-corrected chi connectivity index (χ2v) is 12.1. The minimum absolute atomic E-state index is 0.154. The zero-order valence-corrected chi connectivity index (χ0v) is 25.5. The number of carbonyl (C=O) groups is 3. The van der Waals surface area contributed by atoms with Crippen LogP contribution in [0.2, 0.25) is 0 Å². The Kier molecular flexibility index (Phi) is 12.4. The van der Waals surface area contributed by atoms with E-state index in [1.54, 1.807) is 29.2 Å². The number of nitrogens with one attached hydrogen (secondary N) is 1. The van der Waals surface area contributed by atoms with E-state index in [4.69, 9.17) is 20.7 Å². The van der Waals surface area contributed by atoms with Gasteiger partial charge < -0.3 is 25.4 Å². The van der Waals surface area contributed by atoms with E-state index in [0.717, 1.165) is 16.0 Å². The minimum Gasteiger partial charge on any atom is -0.445 e. The fourth-order valence-corrected chi connectivity index (χ4v) is 5.17. The van der Waals surface area contributed by atoms with Crippen molar-refractivity contribution in [1.82, 2.24) is 10.2 Å². The number of hydrogen-bond donors (Lipinski definition) is 2. The maximum absolute atomic E-state index is 13.8. The van der Waals surface area contributed by atoms with Crippen LogP contribution in [0.15, 0.2) is 77.2 Å². The fourth-order valence-electron chi connectivity index (χ4n) is 4.46. The molecule has 0 aliphatic carbocycles. The van der Waals surface area contributed by atoms with Gasteiger partial charge >= 0.3 is 12.2 Å². The summed E-state index contributed by atoms with van der Waals surface area (Å²) in [4.78, 5) is 43.6. The van der Waals surface area contributed by atoms with E-state index in [1.165, 1.54) is 11.3 Å². The van der Waals surface area contributed by atoms with E-state index in [9.17, 15) is 14.4 Å². The third-order valence-corrected chi connectivity index (χ3v) is 7.61. The molecular formula is C31H38N6O5S. The van der Waals surface area contributed by atoms with Crippen molar-refractivity contribution in [2.24, 2.45) is 16.3 Å². The number of azide groups is 1. The Morgan fingerprint density at radius 2 is 1.72 bits per heavy atom. The Labute approximate surface area is 255 Å². The van der Waals surface area contributed by atoms with Crippen LogP contribution in [0.5, 0.6) is 0 Å². The van der Waals surface area contributed by atoms with Crippen LogP contribution in [0.1, 0.15) is 56.0 Å². The first-order chi connectivity index (χ1) is 20.5. The van der Waals surface area contributed by atoms with Gasteiger partial charge in [0.15, 0.2) is 6.10 Å². The summed E-state index contributed by atoms with van der Waals surface area (Å²) in [6.45, 7) is 6.73. The van der Waals surface area contributed by atoms with Crippen molar-refractivity contribution in [1.29, 1.82) is 0 Å². The molecule has 3 aromatic rings. The summed E-state index contributed by atoms with van der Waals surface area (Å²) in [6, 6.07) is 19.9. The fraction of sp³-hybridized carbons (Fsp3) is 0.387. The number of thiophene rings is 1. The molecule has 1 unspecified atom stereocenters. The van der Waals surface area contributed by atoms with E-state index in [-0.39, 0.29) is 36.9 Å². The van der Waals surface area contributed by atoms with Gasteiger partial charge in [0.05, 0.1) is 6.54 Å². The number of rotatable bonds is 14. The average Bonchev–Trinajstić information content (AvgIpc) is 3.48. The number of benzene rings is 2. The van der Waals surface area contributed by atoms with Crippen LogP contribution in [0.4, 0.5) is 15.3 Å². The summed E-state index contributed by atoms with van der Waals surface area (Å²) < 4.78 is 10.7. The number of amides is 3. The molecule has 0 saturated heterocycles. The van der Waals surface area contributed by atoms with E-state index >= 15 is 0 Å². The van der Waals surface area contributed by atoms with E-state index < -0.39 is 18.3 Å². The highest BCUT2D eigenvalue weighted by Crippen LogP contribution is 2.25. The maximum Gasteiger partial charge on any atom is 0.407 e. The molecule has 0 radical (unpaired) electrons. The molecule has 3 rings (SSSR count). The molecule has 228 valence electrons. The summed E-state index contributed by atoms with van der Waals surface area (Å²) in [7, 11) is 0. The topological polar surface area (TPSA) is 160 Å². The number of alkyl carbamates (subject to hydrolysis) is 1. The Hall–Kier alpha value is -4.54. The number of nitrogens with two attached hydrogens (primary N) is 1. The number of carbonyl (C=O) groups excluding carboxylic acids is 3. The molecule has 0 saturated carbocycles. The molecule has 0 fully saturated rings. The highest BCUT2D eigenvalue weighted by molar-refractivity contribution is 7.09. The van der Waals surface area contributed by atoms with Crippen LogP contribution < -0.4 is 11.1 Å². The zero-order chi connectivity index (χ0) is 31.2. The van der Waals surface area contributed by atoms with Gasteiger partial charge in [-0.15, -0.1) is 11.3 Å². The van der Waals surface area contributed by atoms with E-state index in [2.05, 4.69) is 15.3 Å². The number of hydrogen-bond acceptors (Lipinski definition) is 7. The Morgan fingerprint density at radius 3 is 2.33 bits per heavy atom. The van der Waals surface area contributed by atoms with Crippen molar-refractivity contribution >= 4 is 35.1 Å². The molecule has 1 aromatic heterocycles. The molecule has 0 spiro atoms. The van der Waals surface area contributed by atoms with Crippen LogP contribution >= 0.6 is 11.3 Å². The first-order valence-electron chi connectivity index (χ1n) is 13.9. The minimum atomic E-state index is -1.11. The van der Waals surface area contributed by atoms with Crippen molar-refractivity contribution in [2.45, 2.75) is 71.9 Å². The van der Waals surface area contributed by atoms with Gasteiger partial charge in [0.1, 0.15) is 6.61 Å². The maximum atomic E-state index is 13.8. The number of ether oxygens (including phenoxy) is 2. The molecule has 3 N–H and O–H groups in total. The van der Waals surface area contributed by atoms with Gasteiger partial charge in [-0.2, -0.15) is 0 Å². The van der Waals surface area contributed by atoms with Crippen LogP contribution in [-0.2, 0) is 34.0 Å². The van der Waals surface area contributed by atoms with Crippen molar-refractivity contribution in [2.75, 3.05) is 0 Å². The molecule has 12 heteroatoms. The molecule has 1 heterocycles. The zero-order valence-electron chi connectivity index (χ0n) is 24.6. The summed E-state index contributed by atoms with van der Waals surface area (Å²) in [6.07, 6.45) is -1.47. The highest BCUT2D eigenvalue weighted by Gasteiger charge is 2.30. The lowest BCUT2D eigenvalue weighted by Crippen LogP contribution is -2.44. The first-order valence-corrected chi connectivity index (χ1v) is 14.8. The number of primary amides is 1. The average molecular weight is 607 g/mol.